The highest BCUT2D eigenvalue weighted by Crippen LogP contribution is 2.33. The number of nitrogens with one attached hydrogen (secondary N) is 1. The summed E-state index contributed by atoms with van der Waals surface area (Å²) in [4.78, 5) is 1.12. The Morgan fingerprint density at radius 3 is 2.65 bits per heavy atom. The maximum absolute atomic E-state index is 10.1. The van der Waals surface area contributed by atoms with E-state index < -0.39 is 6.10 Å². The van der Waals surface area contributed by atoms with Crippen LogP contribution in [0.1, 0.15) is 24.2 Å². The maximum atomic E-state index is 10.1. The zero-order chi connectivity index (χ0) is 12.8. The van der Waals surface area contributed by atoms with Crippen LogP contribution in [0.5, 0.6) is 5.75 Å². The maximum Gasteiger partial charge on any atom is 0.122 e. The van der Waals surface area contributed by atoms with Crippen molar-refractivity contribution in [3.8, 4) is 5.75 Å². The molecule has 1 atom stereocenters. The molecule has 0 saturated heterocycles. The van der Waals surface area contributed by atoms with Gasteiger partial charge in [0.2, 0.25) is 0 Å². The molecule has 4 heteroatoms. The Morgan fingerprint density at radius 1 is 1.47 bits per heavy atom. The zero-order valence-electron chi connectivity index (χ0n) is 10.9. The lowest BCUT2D eigenvalue weighted by Crippen LogP contribution is -2.17. The van der Waals surface area contributed by atoms with Gasteiger partial charge >= 0.3 is 0 Å². The van der Waals surface area contributed by atoms with E-state index in [1.54, 1.807) is 18.9 Å². The molecule has 0 aliphatic carbocycles. The third-order valence-electron chi connectivity index (χ3n) is 2.77. The highest BCUT2D eigenvalue weighted by atomic mass is 32.2. The topological polar surface area (TPSA) is 41.5 Å². The molecule has 0 aliphatic heterocycles. The number of aliphatic hydroxyl groups excluding tert-OH is 1. The molecule has 0 amide bonds. The molecule has 0 aliphatic rings. The summed E-state index contributed by atoms with van der Waals surface area (Å²) < 4.78 is 5.36. The van der Waals surface area contributed by atoms with Crippen LogP contribution in [-0.4, -0.2) is 32.1 Å². The number of rotatable bonds is 6. The van der Waals surface area contributed by atoms with Crippen LogP contribution in [0.25, 0.3) is 0 Å². The lowest BCUT2D eigenvalue weighted by Gasteiger charge is -2.17. The molecular formula is C13H21NO2S. The van der Waals surface area contributed by atoms with Crippen LogP contribution in [0.3, 0.4) is 0 Å². The van der Waals surface area contributed by atoms with Gasteiger partial charge in [-0.25, -0.2) is 0 Å². The minimum Gasteiger partial charge on any atom is -0.496 e. The highest BCUT2D eigenvalue weighted by molar-refractivity contribution is 7.98. The molecule has 2 N–H and O–H groups in total. The van der Waals surface area contributed by atoms with Crippen molar-refractivity contribution in [2.24, 2.45) is 0 Å². The molecule has 96 valence electrons. The van der Waals surface area contributed by atoms with Gasteiger partial charge in [-0.2, -0.15) is 0 Å². The number of ether oxygens (including phenoxy) is 1. The summed E-state index contributed by atoms with van der Waals surface area (Å²) in [6.07, 6.45) is 2.46. The fourth-order valence-corrected chi connectivity index (χ4v) is 2.52. The van der Waals surface area contributed by atoms with E-state index in [9.17, 15) is 5.11 Å². The molecule has 0 heterocycles. The van der Waals surface area contributed by atoms with E-state index in [1.165, 1.54) is 5.56 Å². The Kier molecular flexibility index (Phi) is 5.82. The van der Waals surface area contributed by atoms with Crippen LogP contribution in [0, 0.1) is 0 Å². The van der Waals surface area contributed by atoms with E-state index in [0.717, 1.165) is 22.6 Å². The van der Waals surface area contributed by atoms with Gasteiger partial charge in [0.05, 0.1) is 13.2 Å². The van der Waals surface area contributed by atoms with Gasteiger partial charge in [-0.05, 0) is 43.0 Å². The lowest BCUT2D eigenvalue weighted by molar-refractivity contribution is 0.174. The predicted molar refractivity (Wildman–Crippen MR) is 73.0 cm³/mol. The number of aryl methyl sites for hydroxylation is 1. The van der Waals surface area contributed by atoms with Gasteiger partial charge in [-0.3, -0.25) is 0 Å². The van der Waals surface area contributed by atoms with Crippen molar-refractivity contribution < 1.29 is 9.84 Å². The van der Waals surface area contributed by atoms with E-state index in [-0.39, 0.29) is 0 Å². The van der Waals surface area contributed by atoms with Gasteiger partial charge in [-0.15, -0.1) is 11.8 Å². The van der Waals surface area contributed by atoms with Crippen molar-refractivity contribution in [2.45, 2.75) is 24.3 Å². The predicted octanol–water partition coefficient (Wildman–Crippen LogP) is 2.23. The third-order valence-corrected chi connectivity index (χ3v) is 3.56. The van der Waals surface area contributed by atoms with Crippen molar-refractivity contribution in [1.29, 1.82) is 0 Å². The van der Waals surface area contributed by atoms with Crippen molar-refractivity contribution >= 4 is 11.8 Å². The fraction of sp³-hybridized carbons (Fsp3) is 0.538. The highest BCUT2D eigenvalue weighted by Gasteiger charge is 2.15. The lowest BCUT2D eigenvalue weighted by atomic mass is 10.0. The second kappa shape index (κ2) is 6.89. The Morgan fingerprint density at radius 2 is 2.18 bits per heavy atom. The number of benzene rings is 1. The number of aliphatic hydroxyl groups is 1. The zero-order valence-corrected chi connectivity index (χ0v) is 11.7. The van der Waals surface area contributed by atoms with Gasteiger partial charge in [-0.1, -0.05) is 6.92 Å². The largest absolute Gasteiger partial charge is 0.496 e. The molecule has 1 unspecified atom stereocenters. The SMILES string of the molecule is CCc1cc(SC)c(C(O)CNC)cc1OC. The van der Waals surface area contributed by atoms with E-state index >= 15 is 0 Å². The average molecular weight is 255 g/mol. The van der Waals surface area contributed by atoms with Gasteiger partial charge < -0.3 is 15.2 Å². The summed E-state index contributed by atoms with van der Waals surface area (Å²) in [5.74, 6) is 0.857. The molecule has 1 aromatic rings. The first-order chi connectivity index (χ1) is 8.17. The van der Waals surface area contributed by atoms with Gasteiger partial charge in [0.15, 0.2) is 0 Å². The van der Waals surface area contributed by atoms with Crippen LogP contribution in [0.2, 0.25) is 0 Å². The van der Waals surface area contributed by atoms with Crippen LogP contribution in [0.4, 0.5) is 0 Å². The number of hydrogen-bond acceptors (Lipinski definition) is 4. The van der Waals surface area contributed by atoms with Crippen molar-refractivity contribution in [1.82, 2.24) is 5.32 Å². The minimum absolute atomic E-state index is 0.498. The van der Waals surface area contributed by atoms with Crippen molar-refractivity contribution in [2.75, 3.05) is 27.0 Å². The molecule has 0 fully saturated rings. The second-order valence-electron chi connectivity index (χ2n) is 3.83. The van der Waals surface area contributed by atoms with Gasteiger partial charge in [0, 0.05) is 11.4 Å². The molecule has 17 heavy (non-hydrogen) atoms. The quantitative estimate of drug-likeness (QED) is 0.765. The van der Waals surface area contributed by atoms with Crippen molar-refractivity contribution in [3.05, 3.63) is 23.3 Å². The summed E-state index contributed by atoms with van der Waals surface area (Å²) in [6, 6.07) is 4.06. The first-order valence-corrected chi connectivity index (χ1v) is 6.97. The fourth-order valence-electron chi connectivity index (χ4n) is 1.82. The summed E-state index contributed by atoms with van der Waals surface area (Å²) in [6.45, 7) is 2.65. The molecule has 1 rings (SSSR count). The Bertz CT molecular complexity index is 369. The smallest absolute Gasteiger partial charge is 0.122 e. The summed E-state index contributed by atoms with van der Waals surface area (Å²) in [5, 5.41) is 13.1. The Hall–Kier alpha value is -0.710. The van der Waals surface area contributed by atoms with Gasteiger partial charge in [0.1, 0.15) is 5.75 Å². The van der Waals surface area contributed by atoms with Crippen LogP contribution in [-0.2, 0) is 6.42 Å². The summed E-state index contributed by atoms with van der Waals surface area (Å²) in [5.41, 5.74) is 2.11. The van der Waals surface area contributed by atoms with Gasteiger partial charge in [0.25, 0.3) is 0 Å². The molecule has 0 aromatic heterocycles. The monoisotopic (exact) mass is 255 g/mol. The molecule has 0 saturated carbocycles. The molecule has 0 spiro atoms. The minimum atomic E-state index is -0.498. The Labute approximate surface area is 108 Å². The normalized spacial score (nSPS) is 12.5. The standard InChI is InChI=1S/C13H21NO2S/c1-5-9-6-13(17-4)10(7-12(9)16-3)11(15)8-14-2/h6-7,11,14-15H,5,8H2,1-4H3. The summed E-state index contributed by atoms with van der Waals surface area (Å²) >= 11 is 1.66. The number of hydrogen-bond donors (Lipinski definition) is 2. The van der Waals surface area contributed by atoms with E-state index in [4.69, 9.17) is 4.74 Å². The second-order valence-corrected chi connectivity index (χ2v) is 4.68. The van der Waals surface area contributed by atoms with Crippen LogP contribution in [0.15, 0.2) is 17.0 Å². The van der Waals surface area contributed by atoms with E-state index in [0.29, 0.717) is 6.54 Å². The average Bonchev–Trinajstić information content (AvgIpc) is 2.37. The van der Waals surface area contributed by atoms with E-state index in [1.807, 2.05) is 19.4 Å². The Balaban J connectivity index is 3.18. The number of likely N-dealkylation sites (N-methyl/N-ethyl adjacent to an activating group) is 1. The molecule has 0 radical (unpaired) electrons. The number of thioether (sulfide) groups is 1. The number of methoxy groups -OCH3 is 1. The summed E-state index contributed by atoms with van der Waals surface area (Å²) in [7, 11) is 3.50. The molecule has 1 aromatic carbocycles. The van der Waals surface area contributed by atoms with Crippen LogP contribution < -0.4 is 10.1 Å². The third kappa shape index (κ3) is 3.37. The first-order valence-electron chi connectivity index (χ1n) is 5.75. The van der Waals surface area contributed by atoms with Crippen molar-refractivity contribution in [3.63, 3.8) is 0 Å². The van der Waals surface area contributed by atoms with Crippen LogP contribution >= 0.6 is 11.8 Å². The first kappa shape index (κ1) is 14.4. The molecular weight excluding hydrogens is 234 g/mol. The molecule has 3 nitrogen and oxygen atoms in total. The molecule has 0 bridgehead atoms. The van der Waals surface area contributed by atoms with E-state index in [2.05, 4.69) is 18.3 Å².